The molecule has 0 saturated carbocycles. The topological polar surface area (TPSA) is 49.8 Å². The number of nitrogens with zero attached hydrogens (tertiary/aromatic N) is 1. The van der Waals surface area contributed by atoms with Gasteiger partial charge < -0.3 is 14.7 Å². The Kier molecular flexibility index (Phi) is 20.7. The molecule has 0 amide bonds. The summed E-state index contributed by atoms with van der Waals surface area (Å²) in [6.45, 7) is 9.52. The number of unbranched alkanes of at least 4 members (excludes halogenated alkanes) is 5. The van der Waals surface area contributed by atoms with Crippen LogP contribution >= 0.6 is 36.2 Å². The Morgan fingerprint density at radius 2 is 1.59 bits per heavy atom. The predicted octanol–water partition coefficient (Wildman–Crippen LogP) is 5.71. The highest BCUT2D eigenvalue weighted by atomic mass is 32.2. The third-order valence-corrected chi connectivity index (χ3v) is 7.50. The molecule has 0 rings (SSSR count). The van der Waals surface area contributed by atoms with E-state index in [2.05, 4.69) is 50.1 Å². The lowest BCUT2D eigenvalue weighted by molar-refractivity contribution is -0.137. The fourth-order valence-electron chi connectivity index (χ4n) is 2.90. The first-order valence-electron chi connectivity index (χ1n) is 11.3. The van der Waals surface area contributed by atoms with Crippen molar-refractivity contribution in [1.82, 2.24) is 4.90 Å². The molecule has 0 unspecified atom stereocenters. The van der Waals surface area contributed by atoms with Crippen LogP contribution in [0.25, 0.3) is 0 Å². The van der Waals surface area contributed by atoms with E-state index in [0.717, 1.165) is 37.6 Å². The molecule has 0 aromatic heterocycles. The van der Waals surface area contributed by atoms with Crippen LogP contribution in [0.4, 0.5) is 0 Å². The van der Waals surface area contributed by atoms with Crippen molar-refractivity contribution in [2.45, 2.75) is 77.7 Å². The van der Waals surface area contributed by atoms with Crippen LogP contribution in [0, 0.1) is 0 Å². The molecule has 0 atom stereocenters. The molecule has 0 saturated heterocycles. The molecule has 1 N–H and O–H groups in total. The summed E-state index contributed by atoms with van der Waals surface area (Å²) >= 11 is 8.32. The molecule has 4 nitrogen and oxygen atoms in total. The average molecular weight is 468 g/mol. The highest BCUT2D eigenvalue weighted by Gasteiger charge is 2.19. The number of aliphatic carboxylic acids is 1. The van der Waals surface area contributed by atoms with Gasteiger partial charge in [0.05, 0.1) is 18.6 Å². The van der Waals surface area contributed by atoms with Gasteiger partial charge in [-0.2, -0.15) is 36.2 Å². The number of thiol groups is 1. The molecule has 0 aliphatic heterocycles. The van der Waals surface area contributed by atoms with E-state index in [9.17, 15) is 4.79 Å². The van der Waals surface area contributed by atoms with Gasteiger partial charge in [0.1, 0.15) is 0 Å². The summed E-state index contributed by atoms with van der Waals surface area (Å²) in [7, 11) is 0. The number of thioether (sulfide) groups is 2. The third-order valence-electron chi connectivity index (χ3n) is 4.91. The molecule has 0 spiro atoms. The zero-order chi connectivity index (χ0) is 21.8. The average Bonchev–Trinajstić information content (AvgIpc) is 2.68. The van der Waals surface area contributed by atoms with Gasteiger partial charge in [-0.05, 0) is 51.2 Å². The Morgan fingerprint density at radius 1 is 0.966 bits per heavy atom. The van der Waals surface area contributed by atoms with Gasteiger partial charge in [-0.25, -0.2) is 0 Å². The van der Waals surface area contributed by atoms with E-state index in [0.29, 0.717) is 6.54 Å². The van der Waals surface area contributed by atoms with Crippen molar-refractivity contribution in [2.75, 3.05) is 55.0 Å². The lowest BCUT2D eigenvalue weighted by atomic mass is 10.0. The van der Waals surface area contributed by atoms with Crippen molar-refractivity contribution in [2.24, 2.45) is 0 Å². The van der Waals surface area contributed by atoms with Crippen molar-refractivity contribution in [3.63, 3.8) is 0 Å². The van der Waals surface area contributed by atoms with E-state index >= 15 is 0 Å². The summed E-state index contributed by atoms with van der Waals surface area (Å²) in [5, 5.41) is 8.82. The van der Waals surface area contributed by atoms with E-state index in [1.807, 2.05) is 11.8 Å². The SMILES string of the molecule is CCN(CCC(=O)O)CCC(C)(C)OCCSCCSCCCCCCCCS. The quantitative estimate of drug-likeness (QED) is 0.157. The molecule has 29 heavy (non-hydrogen) atoms. The van der Waals surface area contributed by atoms with Gasteiger partial charge in [0.25, 0.3) is 0 Å². The van der Waals surface area contributed by atoms with E-state index < -0.39 is 5.97 Å². The summed E-state index contributed by atoms with van der Waals surface area (Å²) in [5.41, 5.74) is -0.154. The second kappa shape index (κ2) is 20.3. The molecule has 0 radical (unpaired) electrons. The lowest BCUT2D eigenvalue weighted by Gasteiger charge is -2.29. The number of ether oxygens (including phenoxy) is 1. The number of carbonyl (C=O) groups is 1. The Labute approximate surface area is 194 Å². The van der Waals surface area contributed by atoms with Crippen LogP contribution in [-0.2, 0) is 9.53 Å². The van der Waals surface area contributed by atoms with Gasteiger partial charge in [-0.1, -0.05) is 32.6 Å². The Bertz CT molecular complexity index is 384. The van der Waals surface area contributed by atoms with Crippen LogP contribution in [0.1, 0.15) is 72.1 Å². The van der Waals surface area contributed by atoms with Gasteiger partial charge in [0.15, 0.2) is 0 Å². The third kappa shape index (κ3) is 21.5. The maximum absolute atomic E-state index is 10.7. The molecular formula is C22H45NO3S3. The molecule has 0 aliphatic rings. The van der Waals surface area contributed by atoms with Crippen molar-refractivity contribution < 1.29 is 14.6 Å². The number of hydrogen-bond donors (Lipinski definition) is 2. The molecule has 7 heteroatoms. The number of hydrogen-bond acceptors (Lipinski definition) is 6. The summed E-state index contributed by atoms with van der Waals surface area (Å²) in [6.07, 6.45) is 9.22. The minimum atomic E-state index is -0.728. The summed E-state index contributed by atoms with van der Waals surface area (Å²) in [6, 6.07) is 0. The zero-order valence-corrected chi connectivity index (χ0v) is 21.5. The fraction of sp³-hybridized carbons (Fsp3) is 0.955. The second-order valence-electron chi connectivity index (χ2n) is 8.01. The minimum absolute atomic E-state index is 0.154. The number of carboxylic acids is 1. The largest absolute Gasteiger partial charge is 0.481 e. The molecule has 0 aromatic rings. The van der Waals surface area contributed by atoms with Gasteiger partial charge in [-0.15, -0.1) is 0 Å². The molecule has 0 aliphatic carbocycles. The molecule has 174 valence electrons. The molecular weight excluding hydrogens is 422 g/mol. The van der Waals surface area contributed by atoms with Crippen LogP contribution in [0.15, 0.2) is 0 Å². The first-order chi connectivity index (χ1) is 13.9. The normalized spacial score (nSPS) is 12.0. The summed E-state index contributed by atoms with van der Waals surface area (Å²) in [5.74, 6) is 5.09. The fourth-order valence-corrected chi connectivity index (χ4v) is 5.09. The molecule has 0 bridgehead atoms. The standard InChI is InChI=1S/C22H45NO3S3/c1-4-23(13-11-21(24)25)14-12-22(2,3)26-15-18-29-20-19-28-17-10-8-6-5-7-9-16-27/h27H,4-20H2,1-3H3,(H,24,25). The minimum Gasteiger partial charge on any atom is -0.481 e. The van der Waals surface area contributed by atoms with E-state index in [-0.39, 0.29) is 12.0 Å². The van der Waals surface area contributed by atoms with Gasteiger partial charge in [0.2, 0.25) is 0 Å². The molecule has 0 aromatic carbocycles. The zero-order valence-electron chi connectivity index (χ0n) is 19.0. The molecule has 0 heterocycles. The van der Waals surface area contributed by atoms with E-state index in [4.69, 9.17) is 9.84 Å². The van der Waals surface area contributed by atoms with Crippen LogP contribution < -0.4 is 0 Å². The van der Waals surface area contributed by atoms with Crippen molar-refractivity contribution in [3.05, 3.63) is 0 Å². The van der Waals surface area contributed by atoms with Crippen LogP contribution in [-0.4, -0.2) is 76.6 Å². The second-order valence-corrected chi connectivity index (χ2v) is 10.9. The van der Waals surface area contributed by atoms with Crippen LogP contribution in [0.5, 0.6) is 0 Å². The van der Waals surface area contributed by atoms with Crippen LogP contribution in [0.3, 0.4) is 0 Å². The maximum Gasteiger partial charge on any atom is 0.304 e. The highest BCUT2D eigenvalue weighted by molar-refractivity contribution is 8.02. The summed E-state index contributed by atoms with van der Waals surface area (Å²) < 4.78 is 6.07. The van der Waals surface area contributed by atoms with Crippen molar-refractivity contribution in [1.29, 1.82) is 0 Å². The van der Waals surface area contributed by atoms with Crippen LogP contribution in [0.2, 0.25) is 0 Å². The Morgan fingerprint density at radius 3 is 2.21 bits per heavy atom. The predicted molar refractivity (Wildman–Crippen MR) is 135 cm³/mol. The Hall–Kier alpha value is 0.440. The van der Waals surface area contributed by atoms with E-state index in [1.54, 1.807) is 0 Å². The van der Waals surface area contributed by atoms with Gasteiger partial charge in [-0.3, -0.25) is 4.79 Å². The first-order valence-corrected chi connectivity index (χ1v) is 14.2. The van der Waals surface area contributed by atoms with Crippen molar-refractivity contribution in [3.8, 4) is 0 Å². The van der Waals surface area contributed by atoms with Gasteiger partial charge >= 0.3 is 5.97 Å². The smallest absolute Gasteiger partial charge is 0.304 e. The Balaban J connectivity index is 3.51. The maximum atomic E-state index is 10.7. The molecule has 0 fully saturated rings. The van der Waals surface area contributed by atoms with Gasteiger partial charge in [0, 0.05) is 30.3 Å². The number of carboxylic acid groups (broad SMARTS) is 1. The highest BCUT2D eigenvalue weighted by Crippen LogP contribution is 2.17. The lowest BCUT2D eigenvalue weighted by Crippen LogP contribution is -2.34. The first kappa shape index (κ1) is 29.4. The summed E-state index contributed by atoms with van der Waals surface area (Å²) in [4.78, 5) is 12.9. The number of rotatable bonds is 22. The monoisotopic (exact) mass is 467 g/mol. The van der Waals surface area contributed by atoms with E-state index in [1.165, 1.54) is 55.8 Å². The van der Waals surface area contributed by atoms with Crippen molar-refractivity contribution >= 4 is 42.1 Å².